The Labute approximate surface area is 371 Å². The van der Waals surface area contributed by atoms with E-state index >= 15 is 0 Å². The summed E-state index contributed by atoms with van der Waals surface area (Å²) in [5, 5.41) is 10.2. The highest BCUT2D eigenvalue weighted by Gasteiger charge is 2.33. The molecule has 0 amide bonds. The lowest BCUT2D eigenvalue weighted by atomic mass is 9.99. The van der Waals surface area contributed by atoms with Gasteiger partial charge in [0.2, 0.25) is 0 Å². The molecule has 0 atom stereocenters. The van der Waals surface area contributed by atoms with Gasteiger partial charge >= 0.3 is 0 Å². The molecular weight excluding hydrogens is 783 g/mol. The second-order valence-corrected chi connectivity index (χ2v) is 17.1. The number of fused-ring (bicyclic) bond motifs is 12. The Morgan fingerprint density at radius 1 is 0.469 bits per heavy atom. The van der Waals surface area contributed by atoms with Crippen molar-refractivity contribution in [1.82, 2.24) is 25.3 Å². The van der Waals surface area contributed by atoms with Crippen LogP contribution < -0.4 is 26.7 Å². The molecule has 64 heavy (non-hydrogen) atoms. The fourth-order valence-electron chi connectivity index (χ4n) is 9.40. The van der Waals surface area contributed by atoms with Gasteiger partial charge in [-0.1, -0.05) is 91.0 Å². The summed E-state index contributed by atoms with van der Waals surface area (Å²) >= 11 is 0. The predicted octanol–water partition coefficient (Wildman–Crippen LogP) is 8.81. The summed E-state index contributed by atoms with van der Waals surface area (Å²) in [4.78, 5) is 26.1. The Balaban J connectivity index is 1.21. The normalized spacial score (nSPS) is 15.8. The van der Waals surface area contributed by atoms with Crippen LogP contribution in [0.25, 0.3) is 34.6 Å². The summed E-state index contributed by atoms with van der Waals surface area (Å²) in [6.07, 6.45) is 13.0. The third-order valence-corrected chi connectivity index (χ3v) is 13.3. The van der Waals surface area contributed by atoms with Gasteiger partial charge in [-0.2, -0.15) is 0 Å². The zero-order valence-electron chi connectivity index (χ0n) is 36.8. The quantitative estimate of drug-likeness (QED) is 0.113. The van der Waals surface area contributed by atoms with Crippen LogP contribution in [0.15, 0.2) is 172 Å². The molecule has 310 valence electrons. The van der Waals surface area contributed by atoms with Crippen LogP contribution in [0.1, 0.15) is 64.2 Å². The van der Waals surface area contributed by atoms with E-state index in [1.165, 1.54) is 33.7 Å². The minimum absolute atomic E-state index is 0.857. The van der Waals surface area contributed by atoms with E-state index < -0.39 is 0 Å². The lowest BCUT2D eigenvalue weighted by Gasteiger charge is -2.11. The Morgan fingerprint density at radius 3 is 1.70 bits per heavy atom. The maximum atomic E-state index is 5.43. The molecule has 8 heterocycles. The van der Waals surface area contributed by atoms with Gasteiger partial charge in [0.25, 0.3) is 0 Å². The zero-order valence-corrected chi connectivity index (χ0v) is 36.8. The van der Waals surface area contributed by atoms with Gasteiger partial charge < -0.3 is 15.0 Å². The smallest absolute Gasteiger partial charge is 0.189 e. The van der Waals surface area contributed by atoms with Crippen LogP contribution in [0.4, 0.5) is 0 Å². The Kier molecular flexibility index (Phi) is 9.35. The van der Waals surface area contributed by atoms with Crippen molar-refractivity contribution in [1.29, 1.82) is 0 Å². The SMILES string of the molecule is CC1=C2C=c3ccc([nH]3)=C(c3ccccc3)C3=NC(=C(c4ccccc4)C4=NC(=C(c5ccccc5)c5ccc([nH]5)C=c5[nH]c(c(C)c5C)=c5[nH]c(c(C)c5C)=C(N2)[C+]1C)C=C4)C=C3. The van der Waals surface area contributed by atoms with Crippen LogP contribution >= 0.6 is 0 Å². The fourth-order valence-corrected chi connectivity index (χ4v) is 9.40. The molecule has 3 aromatic carbocycles. The Morgan fingerprint density at radius 2 is 1.03 bits per heavy atom. The average molecular weight is 831 g/mol. The van der Waals surface area contributed by atoms with E-state index in [9.17, 15) is 0 Å². The summed E-state index contributed by atoms with van der Waals surface area (Å²) in [7, 11) is 0. The second-order valence-electron chi connectivity index (χ2n) is 17.1. The van der Waals surface area contributed by atoms with E-state index in [1.807, 2.05) is 0 Å². The number of nitrogens with zero attached hydrogens (tertiary/aromatic N) is 2. The highest BCUT2D eigenvalue weighted by Crippen LogP contribution is 2.35. The first-order valence-corrected chi connectivity index (χ1v) is 21.9. The van der Waals surface area contributed by atoms with Crippen molar-refractivity contribution in [2.24, 2.45) is 9.98 Å². The third kappa shape index (κ3) is 6.56. The minimum atomic E-state index is 0.857. The fraction of sp³-hybridized carbons (Fsp3) is 0.105. The number of hydrogen-bond donors (Lipinski definition) is 5. The number of benzene rings is 3. The molecule has 0 saturated carbocycles. The number of hydrogen-bond acceptors (Lipinski definition) is 3. The molecule has 5 N–H and O–H groups in total. The van der Waals surface area contributed by atoms with Crippen LogP contribution in [0.3, 0.4) is 0 Å². The number of rotatable bonds is 3. The number of allylic oxidation sites excluding steroid dienone is 6. The molecule has 0 aliphatic carbocycles. The second kappa shape index (κ2) is 15.4. The summed E-state index contributed by atoms with van der Waals surface area (Å²) in [5.74, 6) is 1.22. The standard InChI is InChI=1S/C57H48N7/c1-32-34(3)54-56-36(5)37(6)57(64-56)55-35(4)33(2)50(63-55)31-42-23-25-44(59-42)52(39-18-12-8-13-19-39)46-27-29-48(61-46)53(40-20-14-9-15-21-40)47-28-26-45(60-47)51(38-16-10-7-11-17-38)43-24-22-41(58-43)30-49(32)62-54/h7-31,58-59,62-64H,1-6H3/q+1. The monoisotopic (exact) mass is 830 g/mol. The van der Waals surface area contributed by atoms with Crippen molar-refractivity contribution < 1.29 is 0 Å². The zero-order chi connectivity index (χ0) is 43.6. The predicted molar refractivity (Wildman–Crippen MR) is 262 cm³/mol. The highest BCUT2D eigenvalue weighted by molar-refractivity contribution is 6.35. The molecule has 0 fully saturated rings. The first kappa shape index (κ1) is 38.9. The molecule has 4 aliphatic heterocycles. The largest absolute Gasteiger partial charge is 0.355 e. The molecule has 0 unspecified atom stereocenters. The molecular formula is C57H48N7+. The number of nitrogens with one attached hydrogen (secondary N) is 5. The van der Waals surface area contributed by atoms with E-state index in [-0.39, 0.29) is 0 Å². The van der Waals surface area contributed by atoms with Gasteiger partial charge in [0.15, 0.2) is 11.0 Å². The van der Waals surface area contributed by atoms with E-state index in [0.717, 1.165) is 111 Å². The van der Waals surface area contributed by atoms with Crippen LogP contribution in [-0.2, 0) is 0 Å². The summed E-state index contributed by atoms with van der Waals surface area (Å²) < 4.78 is 0. The van der Waals surface area contributed by atoms with Crippen molar-refractivity contribution in [2.75, 3.05) is 0 Å². The summed E-state index contributed by atoms with van der Waals surface area (Å²) in [6.45, 7) is 13.2. The first-order valence-electron chi connectivity index (χ1n) is 21.9. The number of H-pyrrole nitrogens is 4. The topological polar surface area (TPSA) is 99.9 Å². The van der Waals surface area contributed by atoms with E-state index in [2.05, 4.69) is 219 Å². The van der Waals surface area contributed by atoms with Gasteiger partial charge in [-0.3, -0.25) is 10.3 Å². The van der Waals surface area contributed by atoms with Crippen molar-refractivity contribution in [3.8, 4) is 0 Å². The Bertz CT molecular complexity index is 3660. The number of aromatic nitrogens is 4. The summed E-state index contributed by atoms with van der Waals surface area (Å²) in [6, 6.07) is 40.2. The minimum Gasteiger partial charge on any atom is -0.355 e. The van der Waals surface area contributed by atoms with Gasteiger partial charge in [-0.25, -0.2) is 9.98 Å². The van der Waals surface area contributed by atoms with Crippen molar-refractivity contribution in [3.05, 3.63) is 251 Å². The molecule has 4 aliphatic rings. The first-order chi connectivity index (χ1) is 31.2. The molecule has 0 saturated heterocycles. The van der Waals surface area contributed by atoms with E-state index in [0.29, 0.717) is 0 Å². The maximum Gasteiger partial charge on any atom is 0.189 e. The van der Waals surface area contributed by atoms with Crippen molar-refractivity contribution in [2.45, 2.75) is 41.5 Å². The average Bonchev–Trinajstić information content (AvgIpc) is 4.21. The highest BCUT2D eigenvalue weighted by atomic mass is 15.0. The molecule has 14 bridgehead atoms. The summed E-state index contributed by atoms with van der Waals surface area (Å²) in [5.41, 5.74) is 19.9. The van der Waals surface area contributed by atoms with Gasteiger partial charge in [-0.05, 0) is 123 Å². The molecule has 7 heteroatoms. The molecule has 4 aromatic heterocycles. The third-order valence-electron chi connectivity index (χ3n) is 13.3. The van der Waals surface area contributed by atoms with Crippen LogP contribution in [0.5, 0.6) is 0 Å². The van der Waals surface area contributed by atoms with Crippen LogP contribution in [0.2, 0.25) is 0 Å². The molecule has 11 rings (SSSR count). The molecule has 0 radical (unpaired) electrons. The molecule has 0 spiro atoms. The van der Waals surface area contributed by atoms with Crippen molar-refractivity contribution >= 4 is 46.0 Å². The van der Waals surface area contributed by atoms with Gasteiger partial charge in [0, 0.05) is 57.4 Å². The lowest BCUT2D eigenvalue weighted by molar-refractivity contribution is 1.10. The van der Waals surface area contributed by atoms with E-state index in [1.54, 1.807) is 0 Å². The van der Waals surface area contributed by atoms with Crippen LogP contribution in [0, 0.1) is 44.3 Å². The number of aliphatic imine (C=N–C) groups is 2. The molecule has 7 aromatic rings. The van der Waals surface area contributed by atoms with Gasteiger partial charge in [0.05, 0.1) is 50.4 Å². The van der Waals surface area contributed by atoms with Crippen LogP contribution in [-0.4, -0.2) is 31.4 Å². The maximum absolute atomic E-state index is 5.43. The number of aromatic amines is 4. The van der Waals surface area contributed by atoms with Gasteiger partial charge in [0.1, 0.15) is 5.70 Å². The Hall–Kier alpha value is -8.03. The molecule has 7 nitrogen and oxygen atoms in total. The van der Waals surface area contributed by atoms with E-state index in [4.69, 9.17) is 9.98 Å². The van der Waals surface area contributed by atoms with Gasteiger partial charge in [-0.15, -0.1) is 0 Å². The van der Waals surface area contributed by atoms with Crippen molar-refractivity contribution in [3.63, 3.8) is 0 Å². The lowest BCUT2D eigenvalue weighted by Crippen LogP contribution is -2.21.